The third kappa shape index (κ3) is 4.86. The Balaban J connectivity index is 1.24. The molecule has 6 rings (SSSR count). The molecule has 38 heavy (non-hydrogen) atoms. The van der Waals surface area contributed by atoms with E-state index in [4.69, 9.17) is 9.97 Å². The first kappa shape index (κ1) is 24.5. The van der Waals surface area contributed by atoms with Gasteiger partial charge in [0.25, 0.3) is 11.6 Å². The normalized spacial score (nSPS) is 15.5. The second kappa shape index (κ2) is 10.5. The highest BCUT2D eigenvalue weighted by Crippen LogP contribution is 2.40. The molecular weight excluding hydrogens is 498 g/mol. The van der Waals surface area contributed by atoms with Gasteiger partial charge in [0.15, 0.2) is 0 Å². The standard InChI is InChI=1S/C29H29N5O3S/c35-29(21-11-13-22(14-12-21)34(36)37)33-18-16-32(17-19-33)27-26-23-8-4-5-9-24(23)38-28(26)31-25(30-27)15-10-20-6-2-1-3-7-20/h1-3,6-7,11-14H,4-5,8-10,15-19H2. The fourth-order valence-corrected chi connectivity index (χ4v) is 6.73. The lowest BCUT2D eigenvalue weighted by Gasteiger charge is -2.36. The highest BCUT2D eigenvalue weighted by molar-refractivity contribution is 7.19. The molecule has 0 saturated carbocycles. The molecule has 8 nitrogen and oxygen atoms in total. The molecule has 1 aliphatic carbocycles. The van der Waals surface area contributed by atoms with Crippen molar-refractivity contribution in [3.8, 4) is 0 Å². The van der Waals surface area contributed by atoms with Crippen molar-refractivity contribution >= 4 is 39.0 Å². The predicted octanol–water partition coefficient (Wildman–Crippen LogP) is 5.23. The van der Waals surface area contributed by atoms with Crippen LogP contribution < -0.4 is 4.90 Å². The summed E-state index contributed by atoms with van der Waals surface area (Å²) < 4.78 is 0. The number of fused-ring (bicyclic) bond motifs is 3. The number of rotatable bonds is 6. The minimum Gasteiger partial charge on any atom is -0.352 e. The van der Waals surface area contributed by atoms with Crippen molar-refractivity contribution in [1.82, 2.24) is 14.9 Å². The highest BCUT2D eigenvalue weighted by Gasteiger charge is 2.28. The molecule has 9 heteroatoms. The SMILES string of the molecule is O=C(c1ccc([N+](=O)[O-])cc1)N1CCN(c2nc(CCc3ccccc3)nc3sc4c(c23)CCCC4)CC1. The van der Waals surface area contributed by atoms with Crippen molar-refractivity contribution in [3.05, 3.63) is 92.1 Å². The van der Waals surface area contributed by atoms with Gasteiger partial charge < -0.3 is 9.80 Å². The Hall–Kier alpha value is -3.85. The Morgan fingerprint density at radius 2 is 1.66 bits per heavy atom. The lowest BCUT2D eigenvalue weighted by molar-refractivity contribution is -0.384. The van der Waals surface area contributed by atoms with Crippen molar-refractivity contribution in [1.29, 1.82) is 0 Å². The number of anilines is 1. The number of aryl methyl sites for hydroxylation is 4. The average Bonchev–Trinajstić information content (AvgIpc) is 3.34. The third-order valence-electron chi connectivity index (χ3n) is 7.51. The van der Waals surface area contributed by atoms with Crippen LogP contribution in [0.5, 0.6) is 0 Å². The van der Waals surface area contributed by atoms with Crippen molar-refractivity contribution < 1.29 is 9.72 Å². The molecule has 0 bridgehead atoms. The first-order valence-electron chi connectivity index (χ1n) is 13.2. The molecule has 0 N–H and O–H groups in total. The molecule has 1 amide bonds. The Morgan fingerprint density at radius 1 is 0.921 bits per heavy atom. The molecule has 2 aliphatic rings. The average molecular weight is 528 g/mol. The van der Waals surface area contributed by atoms with Crippen molar-refractivity contribution in [2.45, 2.75) is 38.5 Å². The molecule has 4 aromatic rings. The molecule has 1 fully saturated rings. The Labute approximate surface area is 225 Å². The van der Waals surface area contributed by atoms with E-state index in [0.29, 0.717) is 31.7 Å². The molecule has 0 atom stereocenters. The zero-order valence-corrected chi connectivity index (χ0v) is 22.0. The van der Waals surface area contributed by atoms with E-state index in [0.717, 1.165) is 42.2 Å². The summed E-state index contributed by atoms with van der Waals surface area (Å²) in [6.45, 7) is 2.53. The van der Waals surface area contributed by atoms with Gasteiger partial charge in [-0.1, -0.05) is 30.3 Å². The number of nitro groups is 1. The van der Waals surface area contributed by atoms with E-state index in [1.54, 1.807) is 0 Å². The van der Waals surface area contributed by atoms with Gasteiger partial charge in [0.2, 0.25) is 0 Å². The number of aromatic nitrogens is 2. The van der Waals surface area contributed by atoms with Crippen LogP contribution >= 0.6 is 11.3 Å². The van der Waals surface area contributed by atoms with E-state index in [9.17, 15) is 14.9 Å². The molecular formula is C29H29N5O3S. The minimum atomic E-state index is -0.452. The van der Waals surface area contributed by atoms with E-state index in [1.807, 2.05) is 22.3 Å². The van der Waals surface area contributed by atoms with Crippen molar-refractivity contribution in [2.24, 2.45) is 0 Å². The number of piperazine rings is 1. The summed E-state index contributed by atoms with van der Waals surface area (Å²) in [4.78, 5) is 40.4. The number of nitro benzene ring substituents is 1. The minimum absolute atomic E-state index is 0.0127. The number of carbonyl (C=O) groups excluding carboxylic acids is 1. The van der Waals surface area contributed by atoms with Crippen molar-refractivity contribution in [2.75, 3.05) is 31.1 Å². The quantitative estimate of drug-likeness (QED) is 0.252. The number of benzene rings is 2. The summed E-state index contributed by atoms with van der Waals surface area (Å²) in [6.07, 6.45) is 6.31. The molecule has 3 heterocycles. The van der Waals surface area contributed by atoms with E-state index < -0.39 is 4.92 Å². The van der Waals surface area contributed by atoms with Crippen LogP contribution in [0.1, 0.15) is 45.0 Å². The van der Waals surface area contributed by atoms with Gasteiger partial charge in [0.05, 0.1) is 10.3 Å². The van der Waals surface area contributed by atoms with Gasteiger partial charge in [-0.3, -0.25) is 14.9 Å². The Bertz CT molecular complexity index is 1480. The van der Waals surface area contributed by atoms with Gasteiger partial charge in [-0.15, -0.1) is 11.3 Å². The zero-order valence-electron chi connectivity index (χ0n) is 21.1. The van der Waals surface area contributed by atoms with Crippen LogP contribution in [0.4, 0.5) is 11.5 Å². The zero-order chi connectivity index (χ0) is 26.1. The summed E-state index contributed by atoms with van der Waals surface area (Å²) in [6, 6.07) is 16.3. The van der Waals surface area contributed by atoms with Crippen LogP contribution in [0.25, 0.3) is 10.2 Å². The number of nitrogens with zero attached hydrogens (tertiary/aromatic N) is 5. The fraction of sp³-hybridized carbons (Fsp3) is 0.345. The van der Waals surface area contributed by atoms with E-state index in [2.05, 4.69) is 29.2 Å². The van der Waals surface area contributed by atoms with Gasteiger partial charge in [-0.25, -0.2) is 9.97 Å². The number of carbonyl (C=O) groups is 1. The number of hydrogen-bond acceptors (Lipinski definition) is 7. The first-order valence-corrected chi connectivity index (χ1v) is 14.0. The van der Waals surface area contributed by atoms with Crippen LogP contribution in [-0.2, 0) is 25.7 Å². The largest absolute Gasteiger partial charge is 0.352 e. The highest BCUT2D eigenvalue weighted by atomic mass is 32.1. The topological polar surface area (TPSA) is 92.5 Å². The maximum absolute atomic E-state index is 13.1. The molecule has 0 unspecified atom stereocenters. The third-order valence-corrected chi connectivity index (χ3v) is 8.70. The van der Waals surface area contributed by atoms with Crippen LogP contribution in [0.2, 0.25) is 0 Å². The first-order chi connectivity index (χ1) is 18.6. The van der Waals surface area contributed by atoms with Gasteiger partial charge in [-0.05, 0) is 55.4 Å². The number of non-ortho nitro benzene ring substituents is 1. The summed E-state index contributed by atoms with van der Waals surface area (Å²) in [5, 5.41) is 12.2. The predicted molar refractivity (Wildman–Crippen MR) is 149 cm³/mol. The number of hydrogen-bond donors (Lipinski definition) is 0. The maximum atomic E-state index is 13.1. The van der Waals surface area contributed by atoms with Gasteiger partial charge in [0, 0.05) is 55.2 Å². The summed E-state index contributed by atoms with van der Waals surface area (Å²) in [7, 11) is 0. The van der Waals surface area contributed by atoms with Crippen LogP contribution in [0.3, 0.4) is 0 Å². The Kier molecular flexibility index (Phi) is 6.76. The number of amides is 1. The molecule has 1 saturated heterocycles. The molecule has 0 spiro atoms. The monoisotopic (exact) mass is 527 g/mol. The van der Waals surface area contributed by atoms with E-state index in [-0.39, 0.29) is 11.6 Å². The van der Waals surface area contributed by atoms with Crippen LogP contribution in [-0.4, -0.2) is 51.9 Å². The number of thiophene rings is 1. The summed E-state index contributed by atoms with van der Waals surface area (Å²) in [5.41, 5.74) is 3.16. The van der Waals surface area contributed by atoms with Crippen LogP contribution in [0.15, 0.2) is 54.6 Å². The summed E-state index contributed by atoms with van der Waals surface area (Å²) >= 11 is 1.83. The molecule has 2 aromatic heterocycles. The van der Waals surface area contributed by atoms with Gasteiger partial charge in [0.1, 0.15) is 16.5 Å². The van der Waals surface area contributed by atoms with E-state index in [1.165, 1.54) is 58.5 Å². The molecule has 1 aliphatic heterocycles. The lowest BCUT2D eigenvalue weighted by Crippen LogP contribution is -2.49. The maximum Gasteiger partial charge on any atom is 0.269 e. The van der Waals surface area contributed by atoms with Crippen LogP contribution in [0, 0.1) is 10.1 Å². The molecule has 2 aromatic carbocycles. The Morgan fingerprint density at radius 3 is 2.39 bits per heavy atom. The fourth-order valence-electron chi connectivity index (χ4n) is 5.45. The van der Waals surface area contributed by atoms with Gasteiger partial charge in [-0.2, -0.15) is 0 Å². The van der Waals surface area contributed by atoms with Crippen molar-refractivity contribution in [3.63, 3.8) is 0 Å². The molecule has 0 radical (unpaired) electrons. The lowest BCUT2D eigenvalue weighted by atomic mass is 9.96. The second-order valence-corrected chi connectivity index (χ2v) is 11.0. The van der Waals surface area contributed by atoms with Gasteiger partial charge >= 0.3 is 0 Å². The summed E-state index contributed by atoms with van der Waals surface area (Å²) in [5.74, 6) is 1.79. The second-order valence-electron chi connectivity index (χ2n) is 9.92. The van der Waals surface area contributed by atoms with E-state index >= 15 is 0 Å². The smallest absolute Gasteiger partial charge is 0.269 e. The molecule has 194 valence electrons.